The van der Waals surface area contributed by atoms with Crippen LogP contribution in [0.2, 0.25) is 0 Å². The van der Waals surface area contributed by atoms with Crippen LogP contribution in [0.15, 0.2) is 36.5 Å². The van der Waals surface area contributed by atoms with Crippen molar-refractivity contribution in [1.82, 2.24) is 20.2 Å². The summed E-state index contributed by atoms with van der Waals surface area (Å²) >= 11 is 0. The molecule has 2 saturated heterocycles. The quantitative estimate of drug-likeness (QED) is 0.552. The molecular formula is C22H21F3N6O3. The summed E-state index contributed by atoms with van der Waals surface area (Å²) in [4.78, 5) is 10.5. The second-order valence-electron chi connectivity index (χ2n) is 8.01. The molecule has 2 aliphatic heterocycles. The molecule has 1 aromatic carbocycles. The molecule has 0 amide bonds. The summed E-state index contributed by atoms with van der Waals surface area (Å²) in [6.45, 7) is 0.0285. The number of alkyl halides is 2. The first kappa shape index (κ1) is 22.1. The van der Waals surface area contributed by atoms with Crippen molar-refractivity contribution in [1.29, 1.82) is 0 Å². The van der Waals surface area contributed by atoms with Crippen molar-refractivity contribution < 1.29 is 27.4 Å². The molecular weight excluding hydrogens is 453 g/mol. The smallest absolute Gasteiger partial charge is 0.387 e. The van der Waals surface area contributed by atoms with E-state index in [1.807, 2.05) is 4.90 Å². The van der Waals surface area contributed by atoms with Crippen molar-refractivity contribution >= 4 is 17.6 Å². The Morgan fingerprint density at radius 1 is 1.12 bits per heavy atom. The van der Waals surface area contributed by atoms with Gasteiger partial charge in [-0.15, -0.1) is 10.2 Å². The van der Waals surface area contributed by atoms with Crippen LogP contribution in [0.5, 0.6) is 11.6 Å². The minimum atomic E-state index is -2.92. The van der Waals surface area contributed by atoms with Crippen molar-refractivity contribution in [3.05, 3.63) is 42.3 Å². The number of rotatable bonds is 7. The number of halogens is 3. The van der Waals surface area contributed by atoms with Crippen LogP contribution in [0.25, 0.3) is 11.1 Å². The summed E-state index contributed by atoms with van der Waals surface area (Å²) in [5.41, 5.74) is 1.14. The molecule has 34 heavy (non-hydrogen) atoms. The van der Waals surface area contributed by atoms with Gasteiger partial charge < -0.3 is 24.4 Å². The van der Waals surface area contributed by atoms with Gasteiger partial charge in [0.25, 0.3) is 0 Å². The molecule has 3 aromatic rings. The van der Waals surface area contributed by atoms with E-state index in [-0.39, 0.29) is 23.3 Å². The van der Waals surface area contributed by atoms with E-state index in [4.69, 9.17) is 9.47 Å². The van der Waals surface area contributed by atoms with Crippen LogP contribution in [0.3, 0.4) is 0 Å². The summed E-state index contributed by atoms with van der Waals surface area (Å²) in [6.07, 6.45) is 1.12. The number of hydrogen-bond donors (Lipinski definition) is 1. The Kier molecular flexibility index (Phi) is 6.05. The second-order valence-corrected chi connectivity index (χ2v) is 8.01. The van der Waals surface area contributed by atoms with Gasteiger partial charge in [0.05, 0.1) is 26.5 Å². The molecule has 0 radical (unpaired) electrons. The number of anilines is 3. The highest BCUT2D eigenvalue weighted by Gasteiger charge is 2.38. The lowest BCUT2D eigenvalue weighted by Crippen LogP contribution is -2.24. The molecule has 12 heteroatoms. The zero-order valence-corrected chi connectivity index (χ0v) is 18.1. The Morgan fingerprint density at radius 2 is 1.85 bits per heavy atom. The number of methoxy groups -OCH3 is 1. The molecule has 4 heterocycles. The highest BCUT2D eigenvalue weighted by Crippen LogP contribution is 2.33. The normalized spacial score (nSPS) is 19.4. The van der Waals surface area contributed by atoms with Crippen LogP contribution in [-0.4, -0.2) is 60.2 Å². The third-order valence-corrected chi connectivity index (χ3v) is 5.84. The molecule has 5 rings (SSSR count). The molecule has 0 saturated carbocycles. The van der Waals surface area contributed by atoms with Crippen LogP contribution in [-0.2, 0) is 4.74 Å². The highest BCUT2D eigenvalue weighted by atomic mass is 19.3. The second kappa shape index (κ2) is 9.29. The van der Waals surface area contributed by atoms with Gasteiger partial charge >= 0.3 is 6.61 Å². The molecule has 9 nitrogen and oxygen atoms in total. The Labute approximate surface area is 192 Å². The fraction of sp³-hybridized carbons (Fsp3) is 0.364. The van der Waals surface area contributed by atoms with Crippen molar-refractivity contribution in [3.8, 4) is 22.8 Å². The predicted octanol–water partition coefficient (Wildman–Crippen LogP) is 3.51. The minimum Gasteiger partial charge on any atom is -0.479 e. The zero-order valence-electron chi connectivity index (χ0n) is 18.1. The molecule has 1 N–H and O–H groups in total. The Bertz CT molecular complexity index is 1160. The highest BCUT2D eigenvalue weighted by molar-refractivity contribution is 5.72. The summed E-state index contributed by atoms with van der Waals surface area (Å²) in [6, 6.07) is 7.58. The molecule has 2 aromatic heterocycles. The van der Waals surface area contributed by atoms with E-state index in [2.05, 4.69) is 30.2 Å². The van der Waals surface area contributed by atoms with E-state index < -0.39 is 12.4 Å². The van der Waals surface area contributed by atoms with Gasteiger partial charge in [0.1, 0.15) is 5.75 Å². The molecule has 0 spiro atoms. The average molecular weight is 474 g/mol. The van der Waals surface area contributed by atoms with Crippen LogP contribution in [0.1, 0.15) is 0 Å². The van der Waals surface area contributed by atoms with Crippen molar-refractivity contribution in [2.75, 3.05) is 43.6 Å². The maximum Gasteiger partial charge on any atom is 0.387 e. The fourth-order valence-electron chi connectivity index (χ4n) is 4.18. The molecule has 178 valence electrons. The van der Waals surface area contributed by atoms with Gasteiger partial charge in [0.2, 0.25) is 11.8 Å². The lowest BCUT2D eigenvalue weighted by molar-refractivity contribution is -0.0498. The lowest BCUT2D eigenvalue weighted by Gasteiger charge is -2.18. The van der Waals surface area contributed by atoms with Gasteiger partial charge in [-0.3, -0.25) is 0 Å². The maximum absolute atomic E-state index is 14.5. The van der Waals surface area contributed by atoms with Crippen LogP contribution >= 0.6 is 0 Å². The van der Waals surface area contributed by atoms with Gasteiger partial charge in [-0.2, -0.15) is 13.8 Å². The largest absolute Gasteiger partial charge is 0.479 e. The van der Waals surface area contributed by atoms with Gasteiger partial charge in [0, 0.05) is 30.5 Å². The van der Waals surface area contributed by atoms with Crippen LogP contribution in [0.4, 0.5) is 30.8 Å². The van der Waals surface area contributed by atoms with Gasteiger partial charge in [-0.05, 0) is 23.8 Å². The molecule has 2 unspecified atom stereocenters. The van der Waals surface area contributed by atoms with Gasteiger partial charge in [-0.25, -0.2) is 9.37 Å². The first-order valence-corrected chi connectivity index (χ1v) is 10.6. The monoisotopic (exact) mass is 474 g/mol. The van der Waals surface area contributed by atoms with E-state index in [9.17, 15) is 13.2 Å². The van der Waals surface area contributed by atoms with Gasteiger partial charge in [0.15, 0.2) is 17.5 Å². The van der Waals surface area contributed by atoms with Crippen molar-refractivity contribution in [2.24, 2.45) is 11.8 Å². The fourth-order valence-corrected chi connectivity index (χ4v) is 4.18. The van der Waals surface area contributed by atoms with Crippen molar-refractivity contribution in [2.45, 2.75) is 6.61 Å². The van der Waals surface area contributed by atoms with E-state index in [1.54, 1.807) is 18.2 Å². The van der Waals surface area contributed by atoms with E-state index in [0.29, 0.717) is 42.1 Å². The Hall–Kier alpha value is -3.67. The summed E-state index contributed by atoms with van der Waals surface area (Å²) in [7, 11) is 1.43. The zero-order chi connectivity index (χ0) is 23.7. The Balaban J connectivity index is 1.38. The predicted molar refractivity (Wildman–Crippen MR) is 116 cm³/mol. The number of ether oxygens (including phenoxy) is 3. The first-order chi connectivity index (χ1) is 16.5. The van der Waals surface area contributed by atoms with E-state index in [1.165, 1.54) is 19.2 Å². The maximum atomic E-state index is 14.5. The topological polar surface area (TPSA) is 94.5 Å². The first-order valence-electron chi connectivity index (χ1n) is 10.6. The third kappa shape index (κ3) is 4.53. The van der Waals surface area contributed by atoms with Crippen molar-refractivity contribution in [3.63, 3.8) is 0 Å². The van der Waals surface area contributed by atoms with Crippen LogP contribution in [0, 0.1) is 17.7 Å². The minimum absolute atomic E-state index is 0.0197. The number of benzene rings is 1. The molecule has 0 aliphatic carbocycles. The molecule has 0 bridgehead atoms. The number of nitrogens with one attached hydrogen (secondary N) is 1. The SMILES string of the molecule is COc1nnc(Nc2nc(N3CC4COCC4C3)ncc2F)cc1-c1ccc(OC(F)F)cc1. The van der Waals surface area contributed by atoms with E-state index >= 15 is 0 Å². The summed E-state index contributed by atoms with van der Waals surface area (Å²) in [5, 5.41) is 10.9. The summed E-state index contributed by atoms with van der Waals surface area (Å²) in [5.74, 6) is 1.06. The number of nitrogens with zero attached hydrogens (tertiary/aromatic N) is 5. The number of hydrogen-bond acceptors (Lipinski definition) is 9. The number of aromatic nitrogens is 4. The third-order valence-electron chi connectivity index (χ3n) is 5.84. The molecule has 2 aliphatic rings. The molecule has 2 fully saturated rings. The van der Waals surface area contributed by atoms with Gasteiger partial charge in [-0.1, -0.05) is 12.1 Å². The van der Waals surface area contributed by atoms with Crippen LogP contribution < -0.4 is 19.7 Å². The Morgan fingerprint density at radius 3 is 2.53 bits per heavy atom. The lowest BCUT2D eigenvalue weighted by atomic mass is 10.0. The van der Waals surface area contributed by atoms with E-state index in [0.717, 1.165) is 19.3 Å². The summed E-state index contributed by atoms with van der Waals surface area (Å²) < 4.78 is 54.5. The average Bonchev–Trinajstić information content (AvgIpc) is 3.43. The molecule has 2 atom stereocenters. The standard InChI is InChI=1S/C22H21F3N6O3/c1-32-20-16(12-2-4-15(5-3-12)34-21(24)25)6-18(29-30-20)27-19-17(23)7-26-22(28-19)31-8-13-10-33-11-14(13)9-31/h2-7,13-14,21H,8-11H2,1H3,(H,26,27,28,29). The number of fused-ring (bicyclic) bond motifs is 1.